The number of benzene rings is 2. The molecule has 2 aromatic carbocycles. The second kappa shape index (κ2) is 9.55. The maximum absolute atomic E-state index is 5.51. The third kappa shape index (κ3) is 4.93. The average molecular weight is 380 g/mol. The molecular weight excluding hydrogens is 346 g/mol. The molecular formula is C24H33N3O. The van der Waals surface area contributed by atoms with Gasteiger partial charge in [-0.05, 0) is 37.6 Å². The van der Waals surface area contributed by atoms with E-state index < -0.39 is 0 Å². The highest BCUT2D eigenvalue weighted by Crippen LogP contribution is 2.23. The Morgan fingerprint density at radius 1 is 0.750 bits per heavy atom. The molecule has 0 radical (unpaired) electrons. The largest absolute Gasteiger partial charge is 0.496 e. The lowest BCUT2D eigenvalue weighted by Gasteiger charge is -2.43. The van der Waals surface area contributed by atoms with Crippen molar-refractivity contribution in [2.45, 2.75) is 32.0 Å². The van der Waals surface area contributed by atoms with Gasteiger partial charge < -0.3 is 4.74 Å². The van der Waals surface area contributed by atoms with E-state index in [9.17, 15) is 0 Å². The highest BCUT2D eigenvalue weighted by Gasteiger charge is 2.27. The van der Waals surface area contributed by atoms with Crippen LogP contribution in [0.25, 0.3) is 0 Å². The molecule has 0 atom stereocenters. The Morgan fingerprint density at radius 3 is 2.11 bits per heavy atom. The van der Waals surface area contributed by atoms with Gasteiger partial charge in [0.25, 0.3) is 0 Å². The molecule has 0 N–H and O–H groups in total. The maximum atomic E-state index is 5.51. The number of piperazine rings is 1. The third-order valence-electron chi connectivity index (χ3n) is 6.32. The van der Waals surface area contributed by atoms with Crippen molar-refractivity contribution < 1.29 is 4.74 Å². The van der Waals surface area contributed by atoms with Crippen LogP contribution in [-0.2, 0) is 13.1 Å². The first kappa shape index (κ1) is 19.4. The molecule has 2 aromatic rings. The van der Waals surface area contributed by atoms with Crippen LogP contribution in [-0.4, -0.2) is 67.1 Å². The van der Waals surface area contributed by atoms with Gasteiger partial charge in [0.15, 0.2) is 0 Å². The van der Waals surface area contributed by atoms with Crippen LogP contribution in [0.1, 0.15) is 24.0 Å². The van der Waals surface area contributed by atoms with Gasteiger partial charge in [-0.25, -0.2) is 0 Å². The molecule has 0 spiro atoms. The first-order valence-corrected chi connectivity index (χ1v) is 10.7. The van der Waals surface area contributed by atoms with E-state index in [0.717, 1.165) is 38.0 Å². The zero-order valence-electron chi connectivity index (χ0n) is 17.1. The number of piperidine rings is 1. The topological polar surface area (TPSA) is 19.0 Å². The molecule has 4 rings (SSSR count). The summed E-state index contributed by atoms with van der Waals surface area (Å²) in [7, 11) is 1.76. The van der Waals surface area contributed by atoms with Gasteiger partial charge in [-0.3, -0.25) is 14.7 Å². The smallest absolute Gasteiger partial charge is 0.123 e. The van der Waals surface area contributed by atoms with E-state index in [2.05, 4.69) is 63.2 Å². The molecule has 0 aromatic heterocycles. The molecule has 0 amide bonds. The summed E-state index contributed by atoms with van der Waals surface area (Å²) in [5.41, 5.74) is 2.73. The summed E-state index contributed by atoms with van der Waals surface area (Å²) in [5.74, 6) is 1.01. The Morgan fingerprint density at radius 2 is 1.39 bits per heavy atom. The number of methoxy groups -OCH3 is 1. The van der Waals surface area contributed by atoms with Crippen molar-refractivity contribution in [3.8, 4) is 5.75 Å². The lowest BCUT2D eigenvalue weighted by molar-refractivity contribution is 0.0547. The van der Waals surface area contributed by atoms with Crippen molar-refractivity contribution in [3.63, 3.8) is 0 Å². The van der Waals surface area contributed by atoms with E-state index in [-0.39, 0.29) is 0 Å². The highest BCUT2D eigenvalue weighted by atomic mass is 16.5. The van der Waals surface area contributed by atoms with Crippen molar-refractivity contribution in [3.05, 3.63) is 65.7 Å². The zero-order chi connectivity index (χ0) is 19.2. The lowest BCUT2D eigenvalue weighted by Crippen LogP contribution is -2.52. The Labute approximate surface area is 169 Å². The number of nitrogens with zero attached hydrogens (tertiary/aromatic N) is 3. The summed E-state index contributed by atoms with van der Waals surface area (Å²) >= 11 is 0. The molecule has 0 saturated carbocycles. The molecule has 150 valence electrons. The van der Waals surface area contributed by atoms with Gasteiger partial charge in [0, 0.05) is 50.9 Å². The first-order valence-electron chi connectivity index (χ1n) is 10.7. The minimum atomic E-state index is 0.764. The van der Waals surface area contributed by atoms with Gasteiger partial charge in [-0.15, -0.1) is 0 Å². The maximum Gasteiger partial charge on any atom is 0.123 e. The molecule has 28 heavy (non-hydrogen) atoms. The minimum absolute atomic E-state index is 0.764. The van der Waals surface area contributed by atoms with Gasteiger partial charge >= 0.3 is 0 Å². The molecule has 0 aliphatic carbocycles. The Hall–Kier alpha value is -1.88. The Balaban J connectivity index is 1.21. The normalized spacial score (nSPS) is 20.3. The molecule has 2 heterocycles. The number of hydrogen-bond acceptors (Lipinski definition) is 4. The highest BCUT2D eigenvalue weighted by molar-refractivity contribution is 5.33. The molecule has 2 saturated heterocycles. The number of likely N-dealkylation sites (tertiary alicyclic amines) is 1. The van der Waals surface area contributed by atoms with Gasteiger partial charge in [-0.2, -0.15) is 0 Å². The number of hydrogen-bond donors (Lipinski definition) is 0. The second-order valence-corrected chi connectivity index (χ2v) is 8.12. The van der Waals surface area contributed by atoms with Crippen LogP contribution in [0.5, 0.6) is 5.75 Å². The molecule has 4 nitrogen and oxygen atoms in total. The second-order valence-electron chi connectivity index (χ2n) is 8.12. The fraction of sp³-hybridized carbons (Fsp3) is 0.500. The van der Waals surface area contributed by atoms with Crippen LogP contribution in [0.2, 0.25) is 0 Å². The molecule has 0 unspecified atom stereocenters. The van der Waals surface area contributed by atoms with Crippen molar-refractivity contribution in [2.24, 2.45) is 0 Å². The van der Waals surface area contributed by atoms with Gasteiger partial charge in [-0.1, -0.05) is 48.5 Å². The van der Waals surface area contributed by atoms with Crippen molar-refractivity contribution in [1.82, 2.24) is 14.7 Å². The van der Waals surface area contributed by atoms with E-state index in [1.807, 2.05) is 6.07 Å². The quantitative estimate of drug-likeness (QED) is 0.765. The van der Waals surface area contributed by atoms with E-state index in [0.29, 0.717) is 0 Å². The van der Waals surface area contributed by atoms with E-state index in [4.69, 9.17) is 4.74 Å². The minimum Gasteiger partial charge on any atom is -0.496 e. The van der Waals surface area contributed by atoms with Crippen LogP contribution in [0.3, 0.4) is 0 Å². The molecule has 2 aliphatic rings. The average Bonchev–Trinajstić information content (AvgIpc) is 2.76. The van der Waals surface area contributed by atoms with Crippen LogP contribution in [0.15, 0.2) is 54.6 Å². The fourth-order valence-corrected chi connectivity index (χ4v) is 4.65. The van der Waals surface area contributed by atoms with Crippen LogP contribution < -0.4 is 4.74 Å². The Bertz CT molecular complexity index is 720. The summed E-state index contributed by atoms with van der Waals surface area (Å²) in [6.45, 7) is 9.23. The Kier molecular flexibility index (Phi) is 6.63. The van der Waals surface area contributed by atoms with Crippen molar-refractivity contribution in [2.75, 3.05) is 46.4 Å². The number of para-hydroxylation sites is 1. The standard InChI is InChI=1S/C24H33N3O/c1-28-24-10-6-5-9-22(24)20-26-15-17-27(18-16-26)23-11-13-25(14-12-23)19-21-7-3-2-4-8-21/h2-10,23H,11-20H2,1H3. The van der Waals surface area contributed by atoms with Gasteiger partial charge in [0.05, 0.1) is 7.11 Å². The summed E-state index contributed by atoms with van der Waals surface area (Å²) in [5, 5.41) is 0. The third-order valence-corrected chi connectivity index (χ3v) is 6.32. The van der Waals surface area contributed by atoms with Gasteiger partial charge in [0.1, 0.15) is 5.75 Å². The van der Waals surface area contributed by atoms with Crippen molar-refractivity contribution >= 4 is 0 Å². The molecule has 4 heteroatoms. The predicted molar refractivity (Wildman–Crippen MR) is 115 cm³/mol. The monoisotopic (exact) mass is 379 g/mol. The molecule has 2 fully saturated rings. The zero-order valence-corrected chi connectivity index (χ0v) is 17.1. The lowest BCUT2D eigenvalue weighted by atomic mass is 10.0. The van der Waals surface area contributed by atoms with Crippen molar-refractivity contribution in [1.29, 1.82) is 0 Å². The number of ether oxygens (including phenoxy) is 1. The molecule has 0 bridgehead atoms. The first-order chi connectivity index (χ1) is 13.8. The fourth-order valence-electron chi connectivity index (χ4n) is 4.65. The summed E-state index contributed by atoms with van der Waals surface area (Å²) in [6, 6.07) is 20.0. The molecule has 2 aliphatic heterocycles. The van der Waals surface area contributed by atoms with E-state index >= 15 is 0 Å². The predicted octanol–water partition coefficient (Wildman–Crippen LogP) is 3.48. The summed E-state index contributed by atoms with van der Waals surface area (Å²) in [6.07, 6.45) is 2.61. The van der Waals surface area contributed by atoms with Crippen LogP contribution in [0, 0.1) is 0 Å². The summed E-state index contributed by atoms with van der Waals surface area (Å²) in [4.78, 5) is 7.92. The SMILES string of the molecule is COc1ccccc1CN1CCN(C2CCN(Cc3ccccc3)CC2)CC1. The van der Waals surface area contributed by atoms with Crippen LogP contribution in [0.4, 0.5) is 0 Å². The van der Waals surface area contributed by atoms with Gasteiger partial charge in [0.2, 0.25) is 0 Å². The van der Waals surface area contributed by atoms with E-state index in [1.54, 1.807) is 7.11 Å². The summed E-state index contributed by atoms with van der Waals surface area (Å²) < 4.78 is 5.51. The van der Waals surface area contributed by atoms with Crippen LogP contribution >= 0.6 is 0 Å². The van der Waals surface area contributed by atoms with E-state index in [1.165, 1.54) is 50.1 Å². The number of rotatable bonds is 6.